The van der Waals surface area contributed by atoms with Crippen LogP contribution in [0.15, 0.2) is 12.1 Å². The summed E-state index contributed by atoms with van der Waals surface area (Å²) in [6, 6.07) is 3.33. The summed E-state index contributed by atoms with van der Waals surface area (Å²) in [7, 11) is 0. The Hall–Kier alpha value is -1.27. The van der Waals surface area contributed by atoms with Crippen molar-refractivity contribution in [2.45, 2.75) is 45.3 Å². The molecule has 0 unspecified atom stereocenters. The van der Waals surface area contributed by atoms with Crippen molar-refractivity contribution >= 4 is 35.0 Å². The Morgan fingerprint density at radius 3 is 2.41 bits per heavy atom. The molecule has 1 aliphatic rings. The van der Waals surface area contributed by atoms with Gasteiger partial charge in [0.25, 0.3) is 0 Å². The molecule has 0 bridgehead atoms. The van der Waals surface area contributed by atoms with Gasteiger partial charge in [0.1, 0.15) is 16.6 Å². The van der Waals surface area contributed by atoms with E-state index in [1.54, 1.807) is 17.0 Å². The van der Waals surface area contributed by atoms with Crippen LogP contribution in [0, 0.1) is 0 Å². The lowest BCUT2D eigenvalue weighted by atomic mass is 10.1. The number of carbonyl (C=O) groups is 2. The Kier molecular flexibility index (Phi) is 5.34. The number of piperidine rings is 1. The predicted molar refractivity (Wildman–Crippen MR) is 85.6 cm³/mol. The molecule has 1 aromatic rings. The van der Waals surface area contributed by atoms with Crippen LogP contribution in [0.25, 0.3) is 0 Å². The van der Waals surface area contributed by atoms with Gasteiger partial charge in [-0.2, -0.15) is 0 Å². The van der Waals surface area contributed by atoms with Crippen molar-refractivity contribution in [2.75, 3.05) is 13.1 Å². The van der Waals surface area contributed by atoms with Crippen LogP contribution in [0.3, 0.4) is 0 Å². The summed E-state index contributed by atoms with van der Waals surface area (Å²) in [6.45, 7) is 6.57. The predicted octanol–water partition coefficient (Wildman–Crippen LogP) is 3.96. The van der Waals surface area contributed by atoms with E-state index < -0.39 is 5.60 Å². The molecule has 1 aliphatic heterocycles. The van der Waals surface area contributed by atoms with Crippen molar-refractivity contribution in [3.05, 3.63) is 21.3 Å². The van der Waals surface area contributed by atoms with E-state index >= 15 is 0 Å². The first kappa shape index (κ1) is 17.1. The molecule has 0 radical (unpaired) electrons. The molecule has 0 atom stereocenters. The number of hydrogen-bond acceptors (Lipinski definition) is 5. The Morgan fingerprint density at radius 1 is 1.27 bits per heavy atom. The van der Waals surface area contributed by atoms with E-state index in [2.05, 4.69) is 0 Å². The number of carbonyl (C=O) groups excluding carboxylic acids is 2. The van der Waals surface area contributed by atoms with Crippen molar-refractivity contribution in [2.24, 2.45) is 0 Å². The van der Waals surface area contributed by atoms with E-state index in [0.29, 0.717) is 35.1 Å². The van der Waals surface area contributed by atoms with E-state index in [4.69, 9.17) is 21.1 Å². The minimum atomic E-state index is -0.501. The van der Waals surface area contributed by atoms with Crippen LogP contribution in [0.4, 0.5) is 4.79 Å². The van der Waals surface area contributed by atoms with Crippen molar-refractivity contribution in [3.8, 4) is 0 Å². The van der Waals surface area contributed by atoms with Gasteiger partial charge >= 0.3 is 12.1 Å². The SMILES string of the molecule is CC(C)(C)OC(=O)N1CCC(OC(=O)c2ccc(Cl)s2)CC1. The molecule has 0 N–H and O–H groups in total. The monoisotopic (exact) mass is 345 g/mol. The van der Waals surface area contributed by atoms with Crippen LogP contribution in [0.1, 0.15) is 43.3 Å². The molecular weight excluding hydrogens is 326 g/mol. The molecule has 5 nitrogen and oxygen atoms in total. The number of nitrogens with zero attached hydrogens (tertiary/aromatic N) is 1. The molecule has 0 aromatic carbocycles. The van der Waals surface area contributed by atoms with E-state index in [0.717, 1.165) is 0 Å². The lowest BCUT2D eigenvalue weighted by Gasteiger charge is -2.33. The third-order valence-corrected chi connectivity index (χ3v) is 4.35. The number of likely N-dealkylation sites (tertiary alicyclic amines) is 1. The summed E-state index contributed by atoms with van der Waals surface area (Å²) in [5.41, 5.74) is -0.501. The molecule has 1 aromatic heterocycles. The van der Waals surface area contributed by atoms with Crippen LogP contribution in [-0.2, 0) is 9.47 Å². The van der Waals surface area contributed by atoms with Gasteiger partial charge in [0, 0.05) is 25.9 Å². The van der Waals surface area contributed by atoms with E-state index in [1.165, 1.54) is 11.3 Å². The Morgan fingerprint density at radius 2 is 1.91 bits per heavy atom. The Labute approximate surface area is 139 Å². The van der Waals surface area contributed by atoms with Gasteiger partial charge in [0.2, 0.25) is 0 Å². The first-order valence-electron chi connectivity index (χ1n) is 7.19. The number of rotatable bonds is 2. The van der Waals surface area contributed by atoms with Crippen molar-refractivity contribution in [1.29, 1.82) is 0 Å². The zero-order valence-electron chi connectivity index (χ0n) is 12.9. The summed E-state index contributed by atoms with van der Waals surface area (Å²) in [5.74, 6) is -0.354. The topological polar surface area (TPSA) is 55.8 Å². The molecule has 2 rings (SSSR count). The molecule has 7 heteroatoms. The quantitative estimate of drug-likeness (QED) is 0.761. The third kappa shape index (κ3) is 4.88. The zero-order chi connectivity index (χ0) is 16.3. The highest BCUT2D eigenvalue weighted by Crippen LogP contribution is 2.24. The second kappa shape index (κ2) is 6.87. The van der Waals surface area contributed by atoms with Gasteiger partial charge < -0.3 is 14.4 Å². The molecule has 0 saturated carbocycles. The van der Waals surface area contributed by atoms with Gasteiger partial charge in [0.15, 0.2) is 0 Å². The molecule has 1 fully saturated rings. The largest absolute Gasteiger partial charge is 0.458 e. The summed E-state index contributed by atoms with van der Waals surface area (Å²) < 4.78 is 11.3. The summed E-state index contributed by atoms with van der Waals surface area (Å²) in [6.07, 6.45) is 0.739. The summed E-state index contributed by atoms with van der Waals surface area (Å²) >= 11 is 7.01. The second-order valence-corrected chi connectivity index (χ2v) is 7.89. The molecule has 2 heterocycles. The first-order valence-corrected chi connectivity index (χ1v) is 8.38. The average molecular weight is 346 g/mol. The second-order valence-electron chi connectivity index (χ2n) is 6.18. The normalized spacial score (nSPS) is 16.5. The van der Waals surface area contributed by atoms with Crippen molar-refractivity contribution in [3.63, 3.8) is 0 Å². The van der Waals surface area contributed by atoms with Crippen LogP contribution in [0.5, 0.6) is 0 Å². The highest BCUT2D eigenvalue weighted by Gasteiger charge is 2.28. The van der Waals surface area contributed by atoms with Crippen molar-refractivity contribution < 1.29 is 19.1 Å². The molecule has 22 heavy (non-hydrogen) atoms. The smallest absolute Gasteiger partial charge is 0.410 e. The number of halogens is 1. The van der Waals surface area contributed by atoms with E-state index in [-0.39, 0.29) is 18.2 Å². The van der Waals surface area contributed by atoms with Crippen LogP contribution in [-0.4, -0.2) is 41.8 Å². The van der Waals surface area contributed by atoms with Gasteiger partial charge in [-0.25, -0.2) is 9.59 Å². The lowest BCUT2D eigenvalue weighted by Crippen LogP contribution is -2.43. The average Bonchev–Trinajstić information content (AvgIpc) is 2.84. The van der Waals surface area contributed by atoms with Gasteiger partial charge in [-0.3, -0.25) is 0 Å². The van der Waals surface area contributed by atoms with E-state index in [1.807, 2.05) is 20.8 Å². The highest BCUT2D eigenvalue weighted by molar-refractivity contribution is 7.17. The standard InChI is InChI=1S/C15H20ClNO4S/c1-15(2,3)21-14(19)17-8-6-10(7-9-17)20-13(18)11-4-5-12(16)22-11/h4-5,10H,6-9H2,1-3H3. The highest BCUT2D eigenvalue weighted by atomic mass is 35.5. The number of ether oxygens (including phenoxy) is 2. The maximum Gasteiger partial charge on any atom is 0.410 e. The van der Waals surface area contributed by atoms with Gasteiger partial charge in [-0.15, -0.1) is 11.3 Å². The molecule has 0 spiro atoms. The summed E-state index contributed by atoms with van der Waals surface area (Å²) in [5, 5.41) is 0. The Balaban J connectivity index is 1.80. The van der Waals surface area contributed by atoms with E-state index in [9.17, 15) is 9.59 Å². The van der Waals surface area contributed by atoms with Crippen LogP contribution < -0.4 is 0 Å². The number of hydrogen-bond donors (Lipinski definition) is 0. The fourth-order valence-electron chi connectivity index (χ4n) is 2.12. The maximum absolute atomic E-state index is 12.0. The maximum atomic E-state index is 12.0. The van der Waals surface area contributed by atoms with Crippen molar-refractivity contribution in [1.82, 2.24) is 4.90 Å². The van der Waals surface area contributed by atoms with Crippen LogP contribution >= 0.6 is 22.9 Å². The van der Waals surface area contributed by atoms with Crippen LogP contribution in [0.2, 0.25) is 4.34 Å². The van der Waals surface area contributed by atoms with Gasteiger partial charge in [-0.1, -0.05) is 11.6 Å². The first-order chi connectivity index (χ1) is 10.2. The third-order valence-electron chi connectivity index (χ3n) is 3.14. The number of amides is 1. The molecule has 0 aliphatic carbocycles. The van der Waals surface area contributed by atoms with Gasteiger partial charge in [-0.05, 0) is 32.9 Å². The zero-order valence-corrected chi connectivity index (χ0v) is 14.5. The molecule has 122 valence electrons. The number of thiophene rings is 1. The Bertz CT molecular complexity index is 544. The van der Waals surface area contributed by atoms with Gasteiger partial charge in [0.05, 0.1) is 4.34 Å². The fraction of sp³-hybridized carbons (Fsp3) is 0.600. The molecule has 1 amide bonds. The molecule has 1 saturated heterocycles. The minimum absolute atomic E-state index is 0.174. The number of esters is 1. The minimum Gasteiger partial charge on any atom is -0.458 e. The fourth-order valence-corrected chi connectivity index (χ4v) is 3.04. The molecular formula is C15H20ClNO4S. The summed E-state index contributed by atoms with van der Waals surface area (Å²) in [4.78, 5) is 26.1. The lowest BCUT2D eigenvalue weighted by molar-refractivity contribution is -0.00313.